The molecule has 2 amide bonds. The highest BCUT2D eigenvalue weighted by molar-refractivity contribution is 5.88. The first-order valence-electron chi connectivity index (χ1n) is 10.1. The smallest absolute Gasteiger partial charge is 0.242 e. The Morgan fingerprint density at radius 3 is 2.10 bits per heavy atom. The highest BCUT2D eigenvalue weighted by Gasteiger charge is 2.26. The molecule has 0 saturated heterocycles. The second-order valence-corrected chi connectivity index (χ2v) is 7.85. The highest BCUT2D eigenvalue weighted by Crippen LogP contribution is 2.16. The van der Waals surface area contributed by atoms with Crippen LogP contribution in [0.4, 0.5) is 0 Å². The molecule has 0 saturated carbocycles. The molecule has 5 heteroatoms. The molecule has 29 heavy (non-hydrogen) atoms. The summed E-state index contributed by atoms with van der Waals surface area (Å²) in [6.45, 7) is 8.89. The van der Waals surface area contributed by atoms with Crippen molar-refractivity contribution in [2.24, 2.45) is 5.92 Å². The number of nitrogens with zero attached hydrogens (tertiary/aromatic N) is 1. The van der Waals surface area contributed by atoms with Crippen molar-refractivity contribution in [1.29, 1.82) is 0 Å². The van der Waals surface area contributed by atoms with Gasteiger partial charge in [0.15, 0.2) is 0 Å². The molecule has 0 bridgehead atoms. The first-order chi connectivity index (χ1) is 13.8. The van der Waals surface area contributed by atoms with Gasteiger partial charge in [-0.3, -0.25) is 9.59 Å². The fourth-order valence-electron chi connectivity index (χ4n) is 2.94. The zero-order chi connectivity index (χ0) is 21.4. The number of benzene rings is 2. The number of amides is 2. The maximum Gasteiger partial charge on any atom is 0.242 e. The molecule has 0 fully saturated rings. The van der Waals surface area contributed by atoms with E-state index < -0.39 is 6.04 Å². The summed E-state index contributed by atoms with van der Waals surface area (Å²) in [5.74, 6) is 0.891. The molecular weight excluding hydrogens is 364 g/mol. The van der Waals surface area contributed by atoms with E-state index in [1.54, 1.807) is 18.9 Å². The van der Waals surface area contributed by atoms with Gasteiger partial charge in [0.05, 0.1) is 13.5 Å². The van der Waals surface area contributed by atoms with E-state index >= 15 is 0 Å². The predicted octanol–water partition coefficient (Wildman–Crippen LogP) is 3.74. The summed E-state index contributed by atoms with van der Waals surface area (Å²) in [5, 5.41) is 2.94. The van der Waals surface area contributed by atoms with Gasteiger partial charge in [-0.25, -0.2) is 0 Å². The van der Waals surface area contributed by atoms with Gasteiger partial charge < -0.3 is 15.0 Å². The summed E-state index contributed by atoms with van der Waals surface area (Å²) in [4.78, 5) is 27.4. The number of methoxy groups -OCH3 is 1. The molecule has 0 aliphatic rings. The van der Waals surface area contributed by atoms with Crippen LogP contribution >= 0.6 is 0 Å². The van der Waals surface area contributed by atoms with Gasteiger partial charge in [0.2, 0.25) is 11.8 Å². The summed E-state index contributed by atoms with van der Waals surface area (Å²) in [7, 11) is 1.61. The summed E-state index contributed by atoms with van der Waals surface area (Å²) in [6.07, 6.45) is 0.234. The lowest BCUT2D eigenvalue weighted by Gasteiger charge is -2.29. The summed E-state index contributed by atoms with van der Waals surface area (Å²) >= 11 is 0. The molecule has 0 aliphatic carbocycles. The van der Waals surface area contributed by atoms with Gasteiger partial charge in [0, 0.05) is 13.1 Å². The lowest BCUT2D eigenvalue weighted by molar-refractivity contribution is -0.140. The standard InChI is InChI=1S/C24H32N2O3/c1-17(2)15-25-24(28)19(4)26(16-21-8-6-18(3)7-9-21)23(27)14-20-10-12-22(29-5)13-11-20/h6-13,17,19H,14-16H2,1-5H3,(H,25,28)/t19-/m0/s1. The normalized spacial score (nSPS) is 11.8. The van der Waals surface area contributed by atoms with Crippen LogP contribution in [-0.2, 0) is 22.6 Å². The van der Waals surface area contributed by atoms with E-state index in [4.69, 9.17) is 4.74 Å². The van der Waals surface area contributed by atoms with Crippen LogP contribution in [0.25, 0.3) is 0 Å². The number of carbonyl (C=O) groups excluding carboxylic acids is 2. The molecule has 0 radical (unpaired) electrons. The van der Waals surface area contributed by atoms with Crippen LogP contribution in [-0.4, -0.2) is 36.4 Å². The van der Waals surface area contributed by atoms with Gasteiger partial charge in [0.25, 0.3) is 0 Å². The largest absolute Gasteiger partial charge is 0.497 e. The molecule has 2 aromatic carbocycles. The fourth-order valence-corrected chi connectivity index (χ4v) is 2.94. The van der Waals surface area contributed by atoms with Crippen LogP contribution in [0.1, 0.15) is 37.5 Å². The SMILES string of the molecule is COc1ccc(CC(=O)N(Cc2ccc(C)cc2)[C@@H](C)C(=O)NCC(C)C)cc1. The Morgan fingerprint density at radius 1 is 0.966 bits per heavy atom. The molecule has 1 N–H and O–H groups in total. The molecule has 0 spiro atoms. The van der Waals surface area contributed by atoms with Crippen molar-refractivity contribution in [3.05, 3.63) is 65.2 Å². The Balaban J connectivity index is 2.18. The van der Waals surface area contributed by atoms with Crippen molar-refractivity contribution >= 4 is 11.8 Å². The van der Waals surface area contributed by atoms with Crippen molar-refractivity contribution in [3.8, 4) is 5.75 Å². The average Bonchev–Trinajstić information content (AvgIpc) is 2.71. The third-order valence-corrected chi connectivity index (χ3v) is 4.84. The van der Waals surface area contributed by atoms with E-state index in [0.717, 1.165) is 22.4 Å². The lowest BCUT2D eigenvalue weighted by atomic mass is 10.1. The Bertz CT molecular complexity index is 798. The summed E-state index contributed by atoms with van der Waals surface area (Å²) in [5.41, 5.74) is 3.05. The number of nitrogens with one attached hydrogen (secondary N) is 1. The number of hydrogen-bond acceptors (Lipinski definition) is 3. The van der Waals surface area contributed by atoms with Gasteiger partial charge >= 0.3 is 0 Å². The maximum absolute atomic E-state index is 13.1. The third-order valence-electron chi connectivity index (χ3n) is 4.84. The molecule has 1 atom stereocenters. The predicted molar refractivity (Wildman–Crippen MR) is 116 cm³/mol. The first kappa shape index (κ1) is 22.5. The van der Waals surface area contributed by atoms with Gasteiger partial charge in [-0.2, -0.15) is 0 Å². The van der Waals surface area contributed by atoms with Crippen molar-refractivity contribution in [3.63, 3.8) is 0 Å². The van der Waals surface area contributed by atoms with Crippen LogP contribution in [0, 0.1) is 12.8 Å². The van der Waals surface area contributed by atoms with Crippen LogP contribution < -0.4 is 10.1 Å². The topological polar surface area (TPSA) is 58.6 Å². The number of ether oxygens (including phenoxy) is 1. The van der Waals surface area contributed by atoms with Crippen molar-refractivity contribution < 1.29 is 14.3 Å². The first-order valence-corrected chi connectivity index (χ1v) is 10.1. The summed E-state index contributed by atoms with van der Waals surface area (Å²) in [6, 6.07) is 14.9. The zero-order valence-corrected chi connectivity index (χ0v) is 18.1. The quantitative estimate of drug-likeness (QED) is 0.703. The Hall–Kier alpha value is -2.82. The molecule has 156 valence electrons. The minimum atomic E-state index is -0.555. The maximum atomic E-state index is 13.1. The number of hydrogen-bond donors (Lipinski definition) is 1. The van der Waals surface area contributed by atoms with Crippen LogP contribution in [0.2, 0.25) is 0 Å². The molecule has 0 aliphatic heterocycles. The molecule has 0 unspecified atom stereocenters. The highest BCUT2D eigenvalue weighted by atomic mass is 16.5. The summed E-state index contributed by atoms with van der Waals surface area (Å²) < 4.78 is 5.18. The van der Waals surface area contributed by atoms with E-state index in [9.17, 15) is 9.59 Å². The van der Waals surface area contributed by atoms with Gasteiger partial charge in [-0.1, -0.05) is 55.8 Å². The monoisotopic (exact) mass is 396 g/mol. The Labute approximate surface area is 174 Å². The number of aryl methyl sites for hydroxylation is 1. The van der Waals surface area contributed by atoms with Crippen LogP contribution in [0.15, 0.2) is 48.5 Å². The number of carbonyl (C=O) groups is 2. The minimum absolute atomic E-state index is 0.0806. The minimum Gasteiger partial charge on any atom is -0.497 e. The van der Waals surface area contributed by atoms with Gasteiger partial charge in [0.1, 0.15) is 11.8 Å². The van der Waals surface area contributed by atoms with Crippen LogP contribution in [0.5, 0.6) is 5.75 Å². The molecule has 2 rings (SSSR count). The Morgan fingerprint density at radius 2 is 1.55 bits per heavy atom. The molecular formula is C24H32N2O3. The second kappa shape index (κ2) is 10.6. The van der Waals surface area contributed by atoms with Crippen LogP contribution in [0.3, 0.4) is 0 Å². The molecule has 2 aromatic rings. The zero-order valence-electron chi connectivity index (χ0n) is 18.1. The van der Waals surface area contributed by atoms with E-state index in [1.165, 1.54) is 0 Å². The number of rotatable bonds is 9. The van der Waals surface area contributed by atoms with Gasteiger partial charge in [-0.05, 0) is 43.0 Å². The van der Waals surface area contributed by atoms with Crippen molar-refractivity contribution in [2.75, 3.05) is 13.7 Å². The average molecular weight is 397 g/mol. The fraction of sp³-hybridized carbons (Fsp3) is 0.417. The van der Waals surface area contributed by atoms with E-state index in [2.05, 4.69) is 5.32 Å². The van der Waals surface area contributed by atoms with Gasteiger partial charge in [-0.15, -0.1) is 0 Å². The molecule has 0 aromatic heterocycles. The Kier molecular flexibility index (Phi) is 8.25. The van der Waals surface area contributed by atoms with Crippen molar-refractivity contribution in [1.82, 2.24) is 10.2 Å². The third kappa shape index (κ3) is 6.93. The second-order valence-electron chi connectivity index (χ2n) is 7.85. The van der Waals surface area contributed by atoms with E-state index in [-0.39, 0.29) is 18.2 Å². The van der Waals surface area contributed by atoms with E-state index in [1.807, 2.05) is 69.3 Å². The molecule has 5 nitrogen and oxygen atoms in total. The van der Waals surface area contributed by atoms with Crippen molar-refractivity contribution in [2.45, 2.75) is 46.7 Å². The van der Waals surface area contributed by atoms with E-state index in [0.29, 0.717) is 19.0 Å². The molecule has 0 heterocycles. The lowest BCUT2D eigenvalue weighted by Crippen LogP contribution is -2.48.